The van der Waals surface area contributed by atoms with E-state index in [4.69, 9.17) is 5.73 Å². The minimum Gasteiger partial charge on any atom is -0.393 e. The van der Waals surface area contributed by atoms with E-state index in [1.165, 1.54) is 0 Å². The molecule has 1 fully saturated rings. The summed E-state index contributed by atoms with van der Waals surface area (Å²) in [6, 6.07) is -0.0153. The van der Waals surface area contributed by atoms with Gasteiger partial charge in [0.05, 0.1) is 11.6 Å². The van der Waals surface area contributed by atoms with Crippen LogP contribution in [0.3, 0.4) is 0 Å². The van der Waals surface area contributed by atoms with Gasteiger partial charge in [-0.15, -0.1) is 0 Å². The number of aliphatic hydroxyl groups is 1. The fourth-order valence-electron chi connectivity index (χ4n) is 2.17. The summed E-state index contributed by atoms with van der Waals surface area (Å²) < 4.78 is 0. The molecular formula is C11H22N2O2. The van der Waals surface area contributed by atoms with E-state index in [1.807, 2.05) is 6.92 Å². The van der Waals surface area contributed by atoms with Crippen LogP contribution in [0.2, 0.25) is 0 Å². The molecule has 1 aliphatic rings. The molecule has 1 aliphatic carbocycles. The topological polar surface area (TPSA) is 75.3 Å². The number of amides is 1. The van der Waals surface area contributed by atoms with Crippen LogP contribution >= 0.6 is 0 Å². The van der Waals surface area contributed by atoms with Crippen LogP contribution < -0.4 is 11.1 Å². The van der Waals surface area contributed by atoms with Crippen molar-refractivity contribution in [2.24, 2.45) is 5.73 Å². The Bertz CT molecular complexity index is 223. The maximum atomic E-state index is 11.8. The molecule has 0 aliphatic heterocycles. The summed E-state index contributed by atoms with van der Waals surface area (Å²) in [6.45, 7) is 3.61. The van der Waals surface area contributed by atoms with Crippen molar-refractivity contribution in [3.63, 3.8) is 0 Å². The molecule has 0 aromatic carbocycles. The highest BCUT2D eigenvalue weighted by Crippen LogP contribution is 2.27. The van der Waals surface area contributed by atoms with Gasteiger partial charge in [-0.05, 0) is 33.1 Å². The van der Waals surface area contributed by atoms with Crippen molar-refractivity contribution in [2.75, 3.05) is 0 Å². The zero-order valence-electron chi connectivity index (χ0n) is 9.62. The Morgan fingerprint density at radius 2 is 2.00 bits per heavy atom. The predicted molar refractivity (Wildman–Crippen MR) is 59.3 cm³/mol. The lowest BCUT2D eigenvalue weighted by Crippen LogP contribution is -2.54. The maximum absolute atomic E-state index is 11.8. The molecule has 4 nitrogen and oxygen atoms in total. The van der Waals surface area contributed by atoms with Gasteiger partial charge in [0, 0.05) is 6.04 Å². The lowest BCUT2D eigenvalue weighted by molar-refractivity contribution is -0.126. The Kier molecular flexibility index (Phi) is 4.11. The van der Waals surface area contributed by atoms with Crippen molar-refractivity contribution in [3.05, 3.63) is 0 Å². The molecule has 1 rings (SSSR count). The molecule has 0 aromatic rings. The smallest absolute Gasteiger partial charge is 0.240 e. The predicted octanol–water partition coefficient (Wildman–Crippen LogP) is 0.533. The maximum Gasteiger partial charge on any atom is 0.240 e. The second-order valence-electron chi connectivity index (χ2n) is 4.82. The van der Waals surface area contributed by atoms with Crippen molar-refractivity contribution < 1.29 is 9.90 Å². The van der Waals surface area contributed by atoms with Crippen LogP contribution in [0.4, 0.5) is 0 Å². The summed E-state index contributed by atoms with van der Waals surface area (Å²) in [4.78, 5) is 11.8. The Balaban J connectivity index is 2.40. The number of hydrogen-bond donors (Lipinski definition) is 3. The molecule has 2 unspecified atom stereocenters. The van der Waals surface area contributed by atoms with Gasteiger partial charge in [0.2, 0.25) is 5.91 Å². The van der Waals surface area contributed by atoms with E-state index in [2.05, 4.69) is 5.32 Å². The molecular weight excluding hydrogens is 192 g/mol. The summed E-state index contributed by atoms with van der Waals surface area (Å²) in [6.07, 6.45) is 3.81. The summed E-state index contributed by atoms with van der Waals surface area (Å²) in [5.41, 5.74) is 5.35. The van der Waals surface area contributed by atoms with Crippen molar-refractivity contribution in [1.29, 1.82) is 0 Å². The van der Waals surface area contributed by atoms with Gasteiger partial charge in [-0.25, -0.2) is 0 Å². The fraction of sp³-hybridized carbons (Fsp3) is 0.909. The first-order valence-electron chi connectivity index (χ1n) is 5.72. The number of aliphatic hydroxyl groups excluding tert-OH is 1. The monoisotopic (exact) mass is 214 g/mol. The lowest BCUT2D eigenvalue weighted by atomic mass is 9.97. The highest BCUT2D eigenvalue weighted by molar-refractivity contribution is 5.86. The van der Waals surface area contributed by atoms with E-state index in [1.54, 1.807) is 6.92 Å². The second-order valence-corrected chi connectivity index (χ2v) is 4.82. The second kappa shape index (κ2) is 4.94. The molecule has 2 atom stereocenters. The minimum atomic E-state index is -0.660. The highest BCUT2D eigenvalue weighted by atomic mass is 16.3. The number of nitrogens with two attached hydrogens (primary N) is 1. The highest BCUT2D eigenvalue weighted by Gasteiger charge is 2.37. The zero-order chi connectivity index (χ0) is 11.5. The molecule has 0 bridgehead atoms. The van der Waals surface area contributed by atoms with Crippen molar-refractivity contribution in [1.82, 2.24) is 5.32 Å². The van der Waals surface area contributed by atoms with E-state index >= 15 is 0 Å². The molecule has 4 heteroatoms. The Hall–Kier alpha value is -0.610. The molecule has 0 saturated heterocycles. The largest absolute Gasteiger partial charge is 0.393 e. The normalized spacial score (nSPS) is 23.5. The molecule has 0 spiro atoms. The van der Waals surface area contributed by atoms with Crippen LogP contribution in [0.15, 0.2) is 0 Å². The summed E-state index contributed by atoms with van der Waals surface area (Å²) in [7, 11) is 0. The number of nitrogens with one attached hydrogen (secondary N) is 1. The first kappa shape index (κ1) is 12.5. The van der Waals surface area contributed by atoms with Crippen LogP contribution in [0.5, 0.6) is 0 Å². The number of carbonyl (C=O) groups is 1. The average molecular weight is 214 g/mol. The molecule has 4 N–H and O–H groups in total. The van der Waals surface area contributed by atoms with Crippen molar-refractivity contribution >= 4 is 5.91 Å². The van der Waals surface area contributed by atoms with Crippen LogP contribution in [0.1, 0.15) is 46.0 Å². The van der Waals surface area contributed by atoms with E-state index in [0.717, 1.165) is 25.7 Å². The van der Waals surface area contributed by atoms with E-state index < -0.39 is 11.6 Å². The summed E-state index contributed by atoms with van der Waals surface area (Å²) >= 11 is 0. The van der Waals surface area contributed by atoms with Gasteiger partial charge < -0.3 is 16.2 Å². The number of rotatable bonds is 4. The first-order valence-corrected chi connectivity index (χ1v) is 5.72. The molecule has 1 saturated carbocycles. The Labute approximate surface area is 91.2 Å². The molecule has 0 heterocycles. The molecule has 15 heavy (non-hydrogen) atoms. The SMILES string of the molecule is CC(O)CC(C)NC(=O)C1(N)CCCC1. The number of hydrogen-bond acceptors (Lipinski definition) is 3. The quantitative estimate of drug-likeness (QED) is 0.639. The van der Waals surface area contributed by atoms with Gasteiger partial charge in [0.25, 0.3) is 0 Å². The summed E-state index contributed by atoms with van der Waals surface area (Å²) in [5.74, 6) is -0.0619. The average Bonchev–Trinajstić information content (AvgIpc) is 2.51. The van der Waals surface area contributed by atoms with Gasteiger partial charge in [0.1, 0.15) is 0 Å². The third-order valence-electron chi connectivity index (χ3n) is 3.02. The third kappa shape index (κ3) is 3.47. The lowest BCUT2D eigenvalue weighted by Gasteiger charge is -2.25. The van der Waals surface area contributed by atoms with E-state index in [0.29, 0.717) is 6.42 Å². The van der Waals surface area contributed by atoms with Crippen molar-refractivity contribution in [3.8, 4) is 0 Å². The zero-order valence-corrected chi connectivity index (χ0v) is 9.62. The standard InChI is InChI=1S/C11H22N2O2/c1-8(7-9(2)14)13-10(15)11(12)5-3-4-6-11/h8-9,14H,3-7,12H2,1-2H3,(H,13,15). The van der Waals surface area contributed by atoms with Crippen molar-refractivity contribution in [2.45, 2.75) is 63.6 Å². The Morgan fingerprint density at radius 1 is 1.47 bits per heavy atom. The number of carbonyl (C=O) groups excluding carboxylic acids is 1. The molecule has 0 radical (unpaired) electrons. The van der Waals surface area contributed by atoms with Crippen LogP contribution in [0, 0.1) is 0 Å². The van der Waals surface area contributed by atoms with Crippen LogP contribution in [0.25, 0.3) is 0 Å². The van der Waals surface area contributed by atoms with Gasteiger partial charge in [-0.1, -0.05) is 12.8 Å². The van der Waals surface area contributed by atoms with Gasteiger partial charge in [-0.2, -0.15) is 0 Å². The first-order chi connectivity index (χ1) is 6.94. The fourth-order valence-corrected chi connectivity index (χ4v) is 2.17. The van der Waals surface area contributed by atoms with Crippen LogP contribution in [-0.2, 0) is 4.79 Å². The van der Waals surface area contributed by atoms with Crippen LogP contribution in [-0.4, -0.2) is 28.7 Å². The van der Waals surface area contributed by atoms with Gasteiger partial charge >= 0.3 is 0 Å². The van der Waals surface area contributed by atoms with E-state index in [9.17, 15) is 9.90 Å². The molecule has 88 valence electrons. The van der Waals surface area contributed by atoms with E-state index in [-0.39, 0.29) is 11.9 Å². The Morgan fingerprint density at radius 3 is 2.47 bits per heavy atom. The third-order valence-corrected chi connectivity index (χ3v) is 3.02. The summed E-state index contributed by atoms with van der Waals surface area (Å²) in [5, 5.41) is 12.1. The minimum absolute atomic E-state index is 0.0153. The molecule has 1 amide bonds. The van der Waals surface area contributed by atoms with Gasteiger partial charge in [0.15, 0.2) is 0 Å². The van der Waals surface area contributed by atoms with Gasteiger partial charge in [-0.3, -0.25) is 4.79 Å². The molecule has 0 aromatic heterocycles.